The number of hydrogen-bond donors (Lipinski definition) is 3. The molecule has 8 heteroatoms. The fourth-order valence-corrected chi connectivity index (χ4v) is 1.87. The van der Waals surface area contributed by atoms with Crippen molar-refractivity contribution in [3.05, 3.63) is 45.1 Å². The van der Waals surface area contributed by atoms with E-state index in [1.165, 1.54) is 0 Å². The van der Waals surface area contributed by atoms with E-state index < -0.39 is 22.7 Å². The Balaban J connectivity index is 0.00000242. The summed E-state index contributed by atoms with van der Waals surface area (Å²) in [5, 5.41) is 2.96. The van der Waals surface area contributed by atoms with Gasteiger partial charge in [-0.3, -0.25) is 14.2 Å². The van der Waals surface area contributed by atoms with Crippen molar-refractivity contribution in [1.82, 2.24) is 14.9 Å². The van der Waals surface area contributed by atoms with E-state index in [0.29, 0.717) is 10.9 Å². The standard InChI is InChI=1S/C14H18N4O3.ClH/c1-14(2,15)8-16-11(19)7-18-12(20)9-5-3-4-6-10(9)17-13(18)21;/h3-6H,7-8,15H2,1-2H3,(H,16,19)(H,17,21);1H. The first-order chi connectivity index (χ1) is 9.78. The van der Waals surface area contributed by atoms with E-state index in [1.54, 1.807) is 38.1 Å². The number of benzene rings is 1. The number of H-pyrrole nitrogens is 1. The lowest BCUT2D eigenvalue weighted by atomic mass is 10.1. The van der Waals surface area contributed by atoms with Crippen molar-refractivity contribution in [2.45, 2.75) is 25.9 Å². The predicted octanol–water partition coefficient (Wildman–Crippen LogP) is -0.0349. The van der Waals surface area contributed by atoms with E-state index in [4.69, 9.17) is 5.73 Å². The second-order valence-electron chi connectivity index (χ2n) is 5.63. The van der Waals surface area contributed by atoms with Crippen molar-refractivity contribution in [3.8, 4) is 0 Å². The SMILES string of the molecule is CC(C)(N)CNC(=O)Cn1c(=O)[nH]c2ccccc2c1=O.Cl. The third-order valence-corrected chi connectivity index (χ3v) is 2.93. The largest absolute Gasteiger partial charge is 0.353 e. The third kappa shape index (κ3) is 4.19. The molecule has 0 bridgehead atoms. The molecule has 0 saturated carbocycles. The van der Waals surface area contributed by atoms with Gasteiger partial charge in [-0.2, -0.15) is 0 Å². The molecule has 4 N–H and O–H groups in total. The van der Waals surface area contributed by atoms with Gasteiger partial charge in [0.1, 0.15) is 6.54 Å². The molecule has 0 radical (unpaired) electrons. The van der Waals surface area contributed by atoms with Gasteiger partial charge < -0.3 is 16.0 Å². The molecule has 7 nitrogen and oxygen atoms in total. The van der Waals surface area contributed by atoms with Crippen LogP contribution >= 0.6 is 12.4 Å². The van der Waals surface area contributed by atoms with Crippen molar-refractivity contribution < 1.29 is 4.79 Å². The zero-order valence-corrected chi connectivity index (χ0v) is 13.2. The Labute approximate surface area is 132 Å². The van der Waals surface area contributed by atoms with Gasteiger partial charge in [0.2, 0.25) is 5.91 Å². The first-order valence-electron chi connectivity index (χ1n) is 6.55. The molecule has 0 atom stereocenters. The first-order valence-corrected chi connectivity index (χ1v) is 6.55. The summed E-state index contributed by atoms with van der Waals surface area (Å²) in [6, 6.07) is 6.66. The van der Waals surface area contributed by atoms with E-state index in [-0.39, 0.29) is 25.5 Å². The molecule has 0 fully saturated rings. The molecular formula is C14H19ClN4O3. The molecule has 0 saturated heterocycles. The molecule has 22 heavy (non-hydrogen) atoms. The molecule has 2 aromatic rings. The lowest BCUT2D eigenvalue weighted by molar-refractivity contribution is -0.122. The van der Waals surface area contributed by atoms with Crippen molar-refractivity contribution in [2.75, 3.05) is 6.54 Å². The van der Waals surface area contributed by atoms with Crippen LogP contribution in [0.5, 0.6) is 0 Å². The van der Waals surface area contributed by atoms with Crippen molar-refractivity contribution >= 4 is 29.2 Å². The topological polar surface area (TPSA) is 110 Å². The van der Waals surface area contributed by atoms with Crippen LogP contribution < -0.4 is 22.3 Å². The maximum absolute atomic E-state index is 12.2. The fraction of sp³-hybridized carbons (Fsp3) is 0.357. The number of aromatic nitrogens is 2. The average molecular weight is 327 g/mol. The van der Waals surface area contributed by atoms with Crippen LogP contribution in [0.2, 0.25) is 0 Å². The second kappa shape index (κ2) is 6.76. The Bertz CT molecular complexity index is 789. The number of amides is 1. The quantitative estimate of drug-likeness (QED) is 0.732. The molecule has 1 heterocycles. The monoisotopic (exact) mass is 326 g/mol. The zero-order valence-electron chi connectivity index (χ0n) is 12.4. The lowest BCUT2D eigenvalue weighted by Crippen LogP contribution is -2.47. The van der Waals surface area contributed by atoms with E-state index in [9.17, 15) is 14.4 Å². The molecule has 0 aliphatic carbocycles. The maximum Gasteiger partial charge on any atom is 0.329 e. The number of halogens is 1. The van der Waals surface area contributed by atoms with Crippen molar-refractivity contribution in [1.29, 1.82) is 0 Å². The smallest absolute Gasteiger partial charge is 0.329 e. The number of rotatable bonds is 4. The Kier molecular flexibility index (Phi) is 5.51. The summed E-state index contributed by atoms with van der Waals surface area (Å²) in [5.74, 6) is -0.434. The number of para-hydroxylation sites is 1. The highest BCUT2D eigenvalue weighted by atomic mass is 35.5. The van der Waals surface area contributed by atoms with Gasteiger partial charge in [0.05, 0.1) is 10.9 Å². The number of nitrogens with one attached hydrogen (secondary N) is 2. The van der Waals surface area contributed by atoms with Crippen LogP contribution in [0.15, 0.2) is 33.9 Å². The van der Waals surface area contributed by atoms with Crippen LogP contribution in [-0.4, -0.2) is 27.5 Å². The van der Waals surface area contributed by atoms with Crippen LogP contribution in [0.4, 0.5) is 0 Å². The number of carbonyl (C=O) groups excluding carboxylic acids is 1. The molecule has 2 rings (SSSR count). The molecule has 120 valence electrons. The molecule has 0 unspecified atom stereocenters. The number of nitrogens with two attached hydrogens (primary N) is 1. The highest BCUT2D eigenvalue weighted by molar-refractivity contribution is 5.85. The van der Waals surface area contributed by atoms with E-state index in [2.05, 4.69) is 10.3 Å². The molecule has 0 aliphatic heterocycles. The van der Waals surface area contributed by atoms with E-state index in [0.717, 1.165) is 4.57 Å². The van der Waals surface area contributed by atoms with Crippen LogP contribution in [0, 0.1) is 0 Å². The Morgan fingerprint density at radius 3 is 2.59 bits per heavy atom. The normalized spacial score (nSPS) is 11.0. The molecule has 0 spiro atoms. The Morgan fingerprint density at radius 1 is 1.32 bits per heavy atom. The summed E-state index contributed by atoms with van der Waals surface area (Å²) in [6.07, 6.45) is 0. The number of aromatic amines is 1. The van der Waals surface area contributed by atoms with Gasteiger partial charge in [0.15, 0.2) is 0 Å². The second-order valence-corrected chi connectivity index (χ2v) is 5.63. The van der Waals surface area contributed by atoms with Crippen LogP contribution in [0.1, 0.15) is 13.8 Å². The minimum absolute atomic E-state index is 0. The van der Waals surface area contributed by atoms with Gasteiger partial charge >= 0.3 is 5.69 Å². The molecule has 0 aliphatic rings. The third-order valence-electron chi connectivity index (χ3n) is 2.93. The average Bonchev–Trinajstić information content (AvgIpc) is 2.40. The van der Waals surface area contributed by atoms with Gasteiger partial charge in [-0.25, -0.2) is 4.79 Å². The summed E-state index contributed by atoms with van der Waals surface area (Å²) in [5.41, 5.74) is 4.55. The Morgan fingerprint density at radius 2 is 1.95 bits per heavy atom. The van der Waals surface area contributed by atoms with Gasteiger partial charge in [-0.05, 0) is 26.0 Å². The minimum Gasteiger partial charge on any atom is -0.353 e. The van der Waals surface area contributed by atoms with Crippen molar-refractivity contribution in [3.63, 3.8) is 0 Å². The summed E-state index contributed by atoms with van der Waals surface area (Å²) in [4.78, 5) is 38.5. The van der Waals surface area contributed by atoms with Gasteiger partial charge in [-0.1, -0.05) is 12.1 Å². The molecule has 1 amide bonds. The predicted molar refractivity (Wildman–Crippen MR) is 87.4 cm³/mol. The number of hydrogen-bond acceptors (Lipinski definition) is 4. The van der Waals surface area contributed by atoms with Gasteiger partial charge in [0, 0.05) is 12.1 Å². The van der Waals surface area contributed by atoms with Crippen molar-refractivity contribution in [2.24, 2.45) is 5.73 Å². The fourth-order valence-electron chi connectivity index (χ4n) is 1.87. The van der Waals surface area contributed by atoms with Crippen LogP contribution in [0.25, 0.3) is 10.9 Å². The van der Waals surface area contributed by atoms with E-state index in [1.807, 2.05) is 0 Å². The summed E-state index contributed by atoms with van der Waals surface area (Å²) < 4.78 is 0.876. The lowest BCUT2D eigenvalue weighted by Gasteiger charge is -2.18. The Hall–Kier alpha value is -2.12. The highest BCUT2D eigenvalue weighted by Gasteiger charge is 2.14. The summed E-state index contributed by atoms with van der Waals surface area (Å²) in [6.45, 7) is 3.45. The number of carbonyl (C=O) groups is 1. The number of nitrogens with zero attached hydrogens (tertiary/aromatic N) is 1. The van der Waals surface area contributed by atoms with E-state index >= 15 is 0 Å². The van der Waals surface area contributed by atoms with Crippen LogP contribution in [0.3, 0.4) is 0 Å². The van der Waals surface area contributed by atoms with Crippen LogP contribution in [-0.2, 0) is 11.3 Å². The highest BCUT2D eigenvalue weighted by Crippen LogP contribution is 2.02. The van der Waals surface area contributed by atoms with Gasteiger partial charge in [0.25, 0.3) is 5.56 Å². The zero-order chi connectivity index (χ0) is 15.6. The minimum atomic E-state index is -0.610. The first kappa shape index (κ1) is 17.9. The summed E-state index contributed by atoms with van der Waals surface area (Å²) >= 11 is 0. The number of fused-ring (bicyclic) bond motifs is 1. The molecule has 1 aromatic heterocycles. The maximum atomic E-state index is 12.2. The summed E-state index contributed by atoms with van der Waals surface area (Å²) in [7, 11) is 0. The molecular weight excluding hydrogens is 308 g/mol. The van der Waals surface area contributed by atoms with Gasteiger partial charge in [-0.15, -0.1) is 12.4 Å². The molecule has 1 aromatic carbocycles.